The van der Waals surface area contributed by atoms with Crippen LogP contribution in [0.25, 0.3) is 10.8 Å². The van der Waals surface area contributed by atoms with Gasteiger partial charge in [0.15, 0.2) is 0 Å². The largest absolute Gasteiger partial charge is 0.506 e. The lowest BCUT2D eigenvalue weighted by Gasteiger charge is -2.31. The third kappa shape index (κ3) is 2.06. The molecular weight excluding hydrogens is 252 g/mol. The highest BCUT2D eigenvalue weighted by molar-refractivity contribution is 7.13. The first-order valence-corrected chi connectivity index (χ1v) is 6.66. The van der Waals surface area contributed by atoms with Crippen LogP contribution in [-0.2, 0) is 0 Å². The highest BCUT2D eigenvalue weighted by Crippen LogP contribution is 2.34. The molecule has 0 radical (unpaired) electrons. The first-order valence-electron chi connectivity index (χ1n) is 5.78. The molecule has 0 aromatic carbocycles. The number of anilines is 1. The molecule has 3 heterocycles. The minimum absolute atomic E-state index is 0.188. The quantitative estimate of drug-likeness (QED) is 0.882. The fourth-order valence-electron chi connectivity index (χ4n) is 1.91. The van der Waals surface area contributed by atoms with Crippen molar-refractivity contribution in [3.63, 3.8) is 0 Å². The molecule has 1 saturated heterocycles. The number of thiophene rings is 1. The van der Waals surface area contributed by atoms with E-state index in [1.54, 1.807) is 11.4 Å². The Morgan fingerprint density at radius 3 is 2.78 bits per heavy atom. The molecule has 0 spiro atoms. The number of nitrogens with zero attached hydrogens (tertiary/aromatic N) is 4. The van der Waals surface area contributed by atoms with E-state index in [4.69, 9.17) is 4.52 Å². The highest BCUT2D eigenvalue weighted by Gasteiger charge is 2.21. The van der Waals surface area contributed by atoms with Crippen LogP contribution in [0.4, 0.5) is 5.95 Å². The van der Waals surface area contributed by atoms with Crippen LogP contribution >= 0.6 is 11.3 Å². The van der Waals surface area contributed by atoms with Crippen LogP contribution in [0.5, 0.6) is 5.75 Å². The summed E-state index contributed by atoms with van der Waals surface area (Å²) in [6.45, 7) is 3.78. The van der Waals surface area contributed by atoms with Gasteiger partial charge in [-0.05, 0) is 23.7 Å². The lowest BCUT2D eigenvalue weighted by Crippen LogP contribution is -2.44. The summed E-state index contributed by atoms with van der Waals surface area (Å²) in [5.74, 6) is 1.18. The van der Waals surface area contributed by atoms with Gasteiger partial charge in [-0.2, -0.15) is 4.98 Å². The molecule has 7 heteroatoms. The third-order valence-electron chi connectivity index (χ3n) is 3.04. The Balaban J connectivity index is 1.80. The molecule has 1 fully saturated rings. The zero-order valence-corrected chi connectivity index (χ0v) is 10.9. The van der Waals surface area contributed by atoms with E-state index in [-0.39, 0.29) is 5.75 Å². The van der Waals surface area contributed by atoms with E-state index in [2.05, 4.69) is 27.0 Å². The molecule has 0 unspecified atom stereocenters. The number of rotatable bonds is 2. The number of likely N-dealkylation sites (N-methyl/N-ethyl adjacent to an activating group) is 1. The normalized spacial score (nSPS) is 17.3. The SMILES string of the molecule is CN1CCN(c2noc(-c3sccc3O)n2)CC1. The van der Waals surface area contributed by atoms with Crippen molar-refractivity contribution in [3.05, 3.63) is 11.4 Å². The Morgan fingerprint density at radius 1 is 1.33 bits per heavy atom. The van der Waals surface area contributed by atoms with E-state index < -0.39 is 0 Å². The summed E-state index contributed by atoms with van der Waals surface area (Å²) in [7, 11) is 2.10. The van der Waals surface area contributed by atoms with Gasteiger partial charge in [0.05, 0.1) is 0 Å². The van der Waals surface area contributed by atoms with E-state index in [1.807, 2.05) is 0 Å². The second kappa shape index (κ2) is 4.58. The second-order valence-electron chi connectivity index (χ2n) is 4.32. The molecule has 2 aromatic heterocycles. The molecule has 0 bridgehead atoms. The molecular formula is C11H14N4O2S. The van der Waals surface area contributed by atoms with E-state index in [9.17, 15) is 5.11 Å². The van der Waals surface area contributed by atoms with Gasteiger partial charge in [-0.15, -0.1) is 11.3 Å². The lowest BCUT2D eigenvalue weighted by molar-refractivity contribution is 0.309. The van der Waals surface area contributed by atoms with Crippen molar-refractivity contribution < 1.29 is 9.63 Å². The van der Waals surface area contributed by atoms with E-state index in [0.29, 0.717) is 16.7 Å². The van der Waals surface area contributed by atoms with Gasteiger partial charge in [0.25, 0.3) is 11.8 Å². The number of hydrogen-bond donors (Lipinski definition) is 1. The molecule has 18 heavy (non-hydrogen) atoms. The third-order valence-corrected chi connectivity index (χ3v) is 3.93. The first kappa shape index (κ1) is 11.5. The van der Waals surface area contributed by atoms with Crippen molar-refractivity contribution in [2.24, 2.45) is 0 Å². The zero-order valence-electron chi connectivity index (χ0n) is 10.0. The Hall–Kier alpha value is -1.60. The van der Waals surface area contributed by atoms with Gasteiger partial charge in [-0.1, -0.05) is 0 Å². The maximum atomic E-state index is 9.62. The standard InChI is InChI=1S/C11H14N4O2S/c1-14-3-5-15(6-4-14)11-12-10(17-13-11)9-8(16)2-7-18-9/h2,7,16H,3-6H2,1H3. The maximum absolute atomic E-state index is 9.62. The molecule has 0 saturated carbocycles. The molecule has 6 nitrogen and oxygen atoms in total. The molecule has 0 atom stereocenters. The van der Waals surface area contributed by atoms with Crippen molar-refractivity contribution >= 4 is 17.3 Å². The lowest BCUT2D eigenvalue weighted by atomic mass is 10.3. The van der Waals surface area contributed by atoms with E-state index in [1.165, 1.54) is 11.3 Å². The predicted octanol–water partition coefficient (Wildman–Crippen LogP) is 1.26. The molecule has 3 rings (SSSR count). The van der Waals surface area contributed by atoms with E-state index in [0.717, 1.165) is 26.2 Å². The molecule has 1 aliphatic heterocycles. The average molecular weight is 266 g/mol. The summed E-state index contributed by atoms with van der Waals surface area (Å²) in [5, 5.41) is 15.4. The predicted molar refractivity (Wildman–Crippen MR) is 69.0 cm³/mol. The van der Waals surface area contributed by atoms with Crippen LogP contribution in [-0.4, -0.2) is 53.4 Å². The van der Waals surface area contributed by atoms with Gasteiger partial charge >= 0.3 is 0 Å². The Kier molecular flexibility index (Phi) is 2.92. The zero-order chi connectivity index (χ0) is 12.5. The minimum Gasteiger partial charge on any atom is -0.506 e. The van der Waals surface area contributed by atoms with Crippen LogP contribution in [0.1, 0.15) is 0 Å². The highest BCUT2D eigenvalue weighted by atomic mass is 32.1. The average Bonchev–Trinajstić information content (AvgIpc) is 2.98. The van der Waals surface area contributed by atoms with E-state index >= 15 is 0 Å². The second-order valence-corrected chi connectivity index (χ2v) is 5.24. The van der Waals surface area contributed by atoms with Crippen LogP contribution in [0.3, 0.4) is 0 Å². The molecule has 0 amide bonds. The summed E-state index contributed by atoms with van der Waals surface area (Å²) in [4.78, 5) is 9.33. The number of aromatic nitrogens is 2. The van der Waals surface area contributed by atoms with Crippen molar-refractivity contribution in [2.45, 2.75) is 0 Å². The van der Waals surface area contributed by atoms with Gasteiger partial charge in [0.2, 0.25) is 0 Å². The molecule has 1 N–H and O–H groups in total. The summed E-state index contributed by atoms with van der Waals surface area (Å²) in [5.41, 5.74) is 0. The van der Waals surface area contributed by atoms with Crippen LogP contribution in [0, 0.1) is 0 Å². The van der Waals surface area contributed by atoms with Gasteiger partial charge in [-0.3, -0.25) is 0 Å². The Morgan fingerprint density at radius 2 is 2.11 bits per heavy atom. The van der Waals surface area contributed by atoms with Crippen LogP contribution in [0.15, 0.2) is 16.0 Å². The van der Waals surface area contributed by atoms with Gasteiger partial charge in [0.1, 0.15) is 10.6 Å². The van der Waals surface area contributed by atoms with Gasteiger partial charge < -0.3 is 19.4 Å². The van der Waals surface area contributed by atoms with Crippen molar-refractivity contribution in [1.82, 2.24) is 15.0 Å². The van der Waals surface area contributed by atoms with Crippen LogP contribution < -0.4 is 4.90 Å². The van der Waals surface area contributed by atoms with Crippen molar-refractivity contribution in [3.8, 4) is 16.5 Å². The number of hydrogen-bond acceptors (Lipinski definition) is 7. The fourth-order valence-corrected chi connectivity index (χ4v) is 2.61. The molecule has 96 valence electrons. The summed E-state index contributed by atoms with van der Waals surface area (Å²) < 4.78 is 5.20. The van der Waals surface area contributed by atoms with Crippen molar-refractivity contribution in [1.29, 1.82) is 0 Å². The summed E-state index contributed by atoms with van der Waals surface area (Å²) >= 11 is 1.39. The topological polar surface area (TPSA) is 65.6 Å². The summed E-state index contributed by atoms with van der Waals surface area (Å²) in [6, 6.07) is 1.62. The monoisotopic (exact) mass is 266 g/mol. The number of aromatic hydroxyl groups is 1. The van der Waals surface area contributed by atoms with Crippen LogP contribution in [0.2, 0.25) is 0 Å². The Bertz CT molecular complexity index is 531. The number of piperazine rings is 1. The van der Waals surface area contributed by atoms with Gasteiger partial charge in [-0.25, -0.2) is 0 Å². The Labute approximate surface area is 108 Å². The molecule has 1 aliphatic rings. The molecule has 2 aromatic rings. The van der Waals surface area contributed by atoms with Crippen molar-refractivity contribution in [2.75, 3.05) is 38.1 Å². The maximum Gasteiger partial charge on any atom is 0.273 e. The summed E-state index contributed by atoms with van der Waals surface area (Å²) in [6.07, 6.45) is 0. The first-order chi connectivity index (χ1) is 8.74. The fraction of sp³-hybridized carbons (Fsp3) is 0.455. The molecule has 0 aliphatic carbocycles. The van der Waals surface area contributed by atoms with Gasteiger partial charge in [0, 0.05) is 26.2 Å². The smallest absolute Gasteiger partial charge is 0.273 e. The minimum atomic E-state index is 0.188.